The van der Waals surface area contributed by atoms with Gasteiger partial charge in [0.05, 0.1) is 5.69 Å². The second-order valence-electron chi connectivity index (χ2n) is 5.21. The van der Waals surface area contributed by atoms with Crippen molar-refractivity contribution in [3.63, 3.8) is 0 Å². The largest absolute Gasteiger partial charge is 0.482 e. The normalized spacial score (nSPS) is 13.2. The van der Waals surface area contributed by atoms with Crippen molar-refractivity contribution in [1.29, 1.82) is 0 Å². The van der Waals surface area contributed by atoms with E-state index < -0.39 is 11.8 Å². The molecule has 0 aromatic heterocycles. The van der Waals surface area contributed by atoms with E-state index in [0.29, 0.717) is 17.0 Å². The van der Waals surface area contributed by atoms with Gasteiger partial charge in [0.2, 0.25) is 0 Å². The second kappa shape index (κ2) is 6.54. The summed E-state index contributed by atoms with van der Waals surface area (Å²) in [5.41, 5.74) is 2.04. The highest BCUT2D eigenvalue weighted by Gasteiger charge is 2.15. The van der Waals surface area contributed by atoms with Crippen molar-refractivity contribution in [3.05, 3.63) is 53.3 Å². The average molecular weight is 327 g/mol. The zero-order valence-corrected chi connectivity index (χ0v) is 12.8. The molecule has 0 bridgehead atoms. The SMILES string of the molecule is CC(=O)Oc1ccc(C=Cc2ccc3c(c2)NC(=O)CO3)cc1F. The number of esters is 1. The van der Waals surface area contributed by atoms with Crippen molar-refractivity contribution in [3.8, 4) is 11.5 Å². The van der Waals surface area contributed by atoms with Gasteiger partial charge in [-0.3, -0.25) is 9.59 Å². The standard InChI is InChI=1S/C18H14FNO4/c1-11(21)24-16-6-4-12(8-14(16)19)2-3-13-5-7-17-15(9-13)20-18(22)10-23-17/h2-9H,10H2,1H3,(H,20,22). The number of hydrogen-bond acceptors (Lipinski definition) is 4. The molecule has 0 fully saturated rings. The van der Waals surface area contributed by atoms with Crippen LogP contribution >= 0.6 is 0 Å². The zero-order chi connectivity index (χ0) is 17.1. The molecule has 6 heteroatoms. The van der Waals surface area contributed by atoms with E-state index in [9.17, 15) is 14.0 Å². The lowest BCUT2D eigenvalue weighted by Crippen LogP contribution is -2.25. The number of benzene rings is 2. The van der Waals surface area contributed by atoms with Crippen LogP contribution in [-0.2, 0) is 9.59 Å². The van der Waals surface area contributed by atoms with Crippen molar-refractivity contribution in [2.24, 2.45) is 0 Å². The summed E-state index contributed by atoms with van der Waals surface area (Å²) in [6.45, 7) is 1.22. The van der Waals surface area contributed by atoms with Crippen molar-refractivity contribution in [2.75, 3.05) is 11.9 Å². The molecule has 5 nitrogen and oxygen atoms in total. The lowest BCUT2D eigenvalue weighted by molar-refractivity contribution is -0.132. The van der Waals surface area contributed by atoms with E-state index in [1.165, 1.54) is 19.1 Å². The topological polar surface area (TPSA) is 64.6 Å². The highest BCUT2D eigenvalue weighted by molar-refractivity contribution is 5.95. The molecule has 1 heterocycles. The Morgan fingerprint density at radius 2 is 1.92 bits per heavy atom. The number of anilines is 1. The highest BCUT2D eigenvalue weighted by Crippen LogP contribution is 2.29. The fourth-order valence-electron chi connectivity index (χ4n) is 2.26. The molecule has 0 saturated carbocycles. The molecule has 24 heavy (non-hydrogen) atoms. The molecule has 0 saturated heterocycles. The van der Waals surface area contributed by atoms with E-state index in [1.54, 1.807) is 30.4 Å². The molecule has 122 valence electrons. The van der Waals surface area contributed by atoms with E-state index in [1.807, 2.05) is 6.07 Å². The minimum absolute atomic E-state index is 0.0101. The predicted molar refractivity (Wildman–Crippen MR) is 87.2 cm³/mol. The maximum atomic E-state index is 13.8. The first-order valence-electron chi connectivity index (χ1n) is 7.24. The Balaban J connectivity index is 1.78. The first-order valence-corrected chi connectivity index (χ1v) is 7.24. The van der Waals surface area contributed by atoms with Gasteiger partial charge in [0, 0.05) is 6.92 Å². The summed E-state index contributed by atoms with van der Waals surface area (Å²) in [5, 5.41) is 2.73. The van der Waals surface area contributed by atoms with Crippen LogP contribution in [0.1, 0.15) is 18.1 Å². The monoisotopic (exact) mass is 327 g/mol. The Labute approximate surface area is 137 Å². The third-order valence-electron chi connectivity index (χ3n) is 3.31. The minimum atomic E-state index is -0.613. The molecule has 1 amide bonds. The number of fused-ring (bicyclic) bond motifs is 1. The summed E-state index contributed by atoms with van der Waals surface area (Å²) in [4.78, 5) is 22.2. The van der Waals surface area contributed by atoms with E-state index in [2.05, 4.69) is 5.32 Å². The number of rotatable bonds is 3. The van der Waals surface area contributed by atoms with Crippen LogP contribution in [0.4, 0.5) is 10.1 Å². The van der Waals surface area contributed by atoms with Crippen LogP contribution in [0, 0.1) is 5.82 Å². The summed E-state index contributed by atoms with van der Waals surface area (Å²) < 4.78 is 23.9. The van der Waals surface area contributed by atoms with E-state index in [0.717, 1.165) is 5.56 Å². The fraction of sp³-hybridized carbons (Fsp3) is 0.111. The number of hydrogen-bond donors (Lipinski definition) is 1. The molecule has 0 spiro atoms. The molecule has 1 aliphatic rings. The molecule has 3 rings (SSSR count). The van der Waals surface area contributed by atoms with E-state index in [-0.39, 0.29) is 18.3 Å². The minimum Gasteiger partial charge on any atom is -0.482 e. The predicted octanol–water partition coefficient (Wildman–Crippen LogP) is 3.25. The van der Waals surface area contributed by atoms with Gasteiger partial charge in [-0.25, -0.2) is 4.39 Å². The number of nitrogens with one attached hydrogen (secondary N) is 1. The van der Waals surface area contributed by atoms with Gasteiger partial charge in [0.25, 0.3) is 5.91 Å². The van der Waals surface area contributed by atoms with Crippen LogP contribution in [0.3, 0.4) is 0 Å². The first-order chi connectivity index (χ1) is 11.5. The maximum absolute atomic E-state index is 13.8. The van der Waals surface area contributed by atoms with Crippen LogP contribution in [-0.4, -0.2) is 18.5 Å². The number of carbonyl (C=O) groups is 2. The van der Waals surface area contributed by atoms with Crippen molar-refractivity contribution < 1.29 is 23.5 Å². The lowest BCUT2D eigenvalue weighted by Gasteiger charge is -2.17. The Bertz CT molecular complexity index is 845. The third-order valence-corrected chi connectivity index (χ3v) is 3.31. The molecule has 1 N–H and O–H groups in total. The van der Waals surface area contributed by atoms with E-state index in [4.69, 9.17) is 9.47 Å². The molecule has 2 aromatic carbocycles. The van der Waals surface area contributed by atoms with Crippen LogP contribution in [0.25, 0.3) is 12.2 Å². The first kappa shape index (κ1) is 15.7. The summed E-state index contributed by atoms with van der Waals surface area (Å²) in [7, 11) is 0. The fourth-order valence-corrected chi connectivity index (χ4v) is 2.26. The summed E-state index contributed by atoms with van der Waals surface area (Å²) in [6.07, 6.45) is 3.50. The van der Waals surface area contributed by atoms with Crippen LogP contribution in [0.5, 0.6) is 11.5 Å². The quantitative estimate of drug-likeness (QED) is 0.534. The molecular weight excluding hydrogens is 313 g/mol. The number of halogens is 1. The molecule has 0 radical (unpaired) electrons. The van der Waals surface area contributed by atoms with Gasteiger partial charge in [-0.15, -0.1) is 0 Å². The number of carbonyl (C=O) groups excluding carboxylic acids is 2. The average Bonchev–Trinajstić information content (AvgIpc) is 2.54. The van der Waals surface area contributed by atoms with Crippen molar-refractivity contribution in [2.45, 2.75) is 6.92 Å². The third kappa shape index (κ3) is 3.60. The van der Waals surface area contributed by atoms with Gasteiger partial charge < -0.3 is 14.8 Å². The number of ether oxygens (including phenoxy) is 2. The summed E-state index contributed by atoms with van der Waals surface area (Å²) in [6, 6.07) is 9.68. The zero-order valence-electron chi connectivity index (χ0n) is 12.8. The van der Waals surface area contributed by atoms with Crippen molar-refractivity contribution in [1.82, 2.24) is 0 Å². The molecule has 0 unspecified atom stereocenters. The number of amides is 1. The maximum Gasteiger partial charge on any atom is 0.308 e. The van der Waals surface area contributed by atoms with Crippen molar-refractivity contribution >= 4 is 29.7 Å². The molecule has 1 aliphatic heterocycles. The Morgan fingerprint density at radius 1 is 1.21 bits per heavy atom. The smallest absolute Gasteiger partial charge is 0.308 e. The second-order valence-corrected chi connectivity index (χ2v) is 5.21. The lowest BCUT2D eigenvalue weighted by atomic mass is 10.1. The van der Waals surface area contributed by atoms with Gasteiger partial charge in [-0.05, 0) is 35.4 Å². The highest BCUT2D eigenvalue weighted by atomic mass is 19.1. The van der Waals surface area contributed by atoms with Gasteiger partial charge in [0.1, 0.15) is 5.75 Å². The summed E-state index contributed by atoms with van der Waals surface area (Å²) in [5.74, 6) is -0.877. The molecule has 0 atom stereocenters. The van der Waals surface area contributed by atoms with Gasteiger partial charge in [-0.1, -0.05) is 24.3 Å². The molecular formula is C18H14FNO4. The van der Waals surface area contributed by atoms with Crippen LogP contribution < -0.4 is 14.8 Å². The molecule has 0 aliphatic carbocycles. The Kier molecular flexibility index (Phi) is 4.29. The summed E-state index contributed by atoms with van der Waals surface area (Å²) >= 11 is 0. The van der Waals surface area contributed by atoms with E-state index >= 15 is 0 Å². The Morgan fingerprint density at radius 3 is 2.62 bits per heavy atom. The van der Waals surface area contributed by atoms with Gasteiger partial charge >= 0.3 is 5.97 Å². The van der Waals surface area contributed by atoms with Crippen LogP contribution in [0.15, 0.2) is 36.4 Å². The molecule has 2 aromatic rings. The van der Waals surface area contributed by atoms with Crippen LogP contribution in [0.2, 0.25) is 0 Å². The van der Waals surface area contributed by atoms with Gasteiger partial charge in [-0.2, -0.15) is 0 Å². The Hall–Kier alpha value is -3.15. The van der Waals surface area contributed by atoms with Gasteiger partial charge in [0.15, 0.2) is 18.2 Å².